The van der Waals surface area contributed by atoms with Crippen molar-refractivity contribution in [3.8, 4) is 0 Å². The number of nitrogens with zero attached hydrogens (tertiary/aromatic N) is 1. The van der Waals surface area contributed by atoms with Gasteiger partial charge >= 0.3 is 0 Å². The van der Waals surface area contributed by atoms with Crippen molar-refractivity contribution >= 4 is 22.9 Å². The second-order valence-corrected chi connectivity index (χ2v) is 6.08. The molecule has 1 unspecified atom stereocenters. The zero-order valence-electron chi connectivity index (χ0n) is 14.1. The maximum Gasteiger partial charge on any atom is 0.244 e. The molecule has 1 aromatic heterocycles. The molecule has 0 aliphatic rings. The number of hydrogen-bond acceptors (Lipinski definition) is 4. The standard InChI is InChI=1S/C19H24N2O3/c1-14(2)12-24-13-16(22)11-21-19(23)8-7-15-9-10-20-18-6-4-3-5-17(15)18/h3-10,14,16,22H,11-13H2,1-2H3,(H,21,23)/b8-7+. The molecule has 1 amide bonds. The van der Waals surface area contributed by atoms with Gasteiger partial charge in [-0.05, 0) is 29.7 Å². The molecule has 0 aliphatic heterocycles. The highest BCUT2D eigenvalue weighted by Gasteiger charge is 2.06. The van der Waals surface area contributed by atoms with E-state index in [2.05, 4.69) is 10.3 Å². The van der Waals surface area contributed by atoms with Gasteiger partial charge in [-0.1, -0.05) is 32.0 Å². The fraction of sp³-hybridized carbons (Fsp3) is 0.368. The van der Waals surface area contributed by atoms with Crippen molar-refractivity contribution in [2.45, 2.75) is 20.0 Å². The van der Waals surface area contributed by atoms with E-state index in [0.29, 0.717) is 12.5 Å². The molecule has 0 aliphatic carbocycles. The first kappa shape index (κ1) is 18.1. The van der Waals surface area contributed by atoms with E-state index in [1.54, 1.807) is 12.3 Å². The molecule has 0 bridgehead atoms. The quantitative estimate of drug-likeness (QED) is 0.730. The van der Waals surface area contributed by atoms with Crippen molar-refractivity contribution in [3.05, 3.63) is 48.2 Å². The summed E-state index contributed by atoms with van der Waals surface area (Å²) in [4.78, 5) is 16.2. The number of aromatic nitrogens is 1. The van der Waals surface area contributed by atoms with Crippen LogP contribution in [0.2, 0.25) is 0 Å². The lowest BCUT2D eigenvalue weighted by atomic mass is 10.1. The Balaban J connectivity index is 1.84. The second kappa shape index (κ2) is 9.15. The van der Waals surface area contributed by atoms with Gasteiger partial charge in [-0.3, -0.25) is 9.78 Å². The molecule has 128 valence electrons. The fourth-order valence-electron chi connectivity index (χ4n) is 2.20. The van der Waals surface area contributed by atoms with E-state index < -0.39 is 6.10 Å². The van der Waals surface area contributed by atoms with Crippen LogP contribution in [0.25, 0.3) is 17.0 Å². The Bertz CT molecular complexity index is 693. The highest BCUT2D eigenvalue weighted by atomic mass is 16.5. The third-order valence-corrected chi connectivity index (χ3v) is 3.37. The molecule has 0 spiro atoms. The van der Waals surface area contributed by atoms with Crippen LogP contribution in [-0.2, 0) is 9.53 Å². The molecule has 2 aromatic rings. The molecule has 2 rings (SSSR count). The highest BCUT2D eigenvalue weighted by Crippen LogP contribution is 2.17. The number of benzene rings is 1. The Morgan fingerprint density at radius 2 is 2.08 bits per heavy atom. The number of rotatable bonds is 8. The molecule has 2 N–H and O–H groups in total. The number of amides is 1. The van der Waals surface area contributed by atoms with Gasteiger partial charge in [-0.2, -0.15) is 0 Å². The minimum Gasteiger partial charge on any atom is -0.389 e. The third-order valence-electron chi connectivity index (χ3n) is 3.37. The Morgan fingerprint density at radius 3 is 2.88 bits per heavy atom. The number of fused-ring (bicyclic) bond motifs is 1. The molecule has 0 fully saturated rings. The van der Waals surface area contributed by atoms with Crippen molar-refractivity contribution < 1.29 is 14.6 Å². The number of pyridine rings is 1. The second-order valence-electron chi connectivity index (χ2n) is 6.08. The number of carbonyl (C=O) groups excluding carboxylic acids is 1. The number of aliphatic hydroxyl groups is 1. The van der Waals surface area contributed by atoms with Crippen LogP contribution in [0, 0.1) is 5.92 Å². The van der Waals surface area contributed by atoms with Gasteiger partial charge < -0.3 is 15.2 Å². The van der Waals surface area contributed by atoms with Crippen molar-refractivity contribution in [2.75, 3.05) is 19.8 Å². The van der Waals surface area contributed by atoms with Gasteiger partial charge in [-0.25, -0.2) is 0 Å². The highest BCUT2D eigenvalue weighted by molar-refractivity contribution is 5.95. The van der Waals surface area contributed by atoms with Gasteiger partial charge in [0.2, 0.25) is 5.91 Å². The van der Waals surface area contributed by atoms with E-state index in [1.165, 1.54) is 6.08 Å². The van der Waals surface area contributed by atoms with Crippen LogP contribution in [-0.4, -0.2) is 41.9 Å². The number of nitrogens with one attached hydrogen (secondary N) is 1. The average molecular weight is 328 g/mol. The Hall–Kier alpha value is -2.24. The molecule has 24 heavy (non-hydrogen) atoms. The molecule has 0 saturated heterocycles. The number of hydrogen-bond donors (Lipinski definition) is 2. The van der Waals surface area contributed by atoms with Crippen LogP contribution >= 0.6 is 0 Å². The summed E-state index contributed by atoms with van der Waals surface area (Å²) in [6.07, 6.45) is 4.23. The van der Waals surface area contributed by atoms with Crippen molar-refractivity contribution in [1.82, 2.24) is 10.3 Å². The lowest BCUT2D eigenvalue weighted by Gasteiger charge is -2.12. The molecule has 0 radical (unpaired) electrons. The van der Waals surface area contributed by atoms with Gasteiger partial charge in [-0.15, -0.1) is 0 Å². The van der Waals surface area contributed by atoms with Crippen LogP contribution in [0.5, 0.6) is 0 Å². The molecule has 5 nitrogen and oxygen atoms in total. The summed E-state index contributed by atoms with van der Waals surface area (Å²) in [6, 6.07) is 9.63. The molecule has 5 heteroatoms. The zero-order valence-corrected chi connectivity index (χ0v) is 14.1. The summed E-state index contributed by atoms with van der Waals surface area (Å²) in [5.74, 6) is 0.170. The minimum absolute atomic E-state index is 0.165. The number of carbonyl (C=O) groups is 1. The van der Waals surface area contributed by atoms with Crippen LogP contribution in [0.15, 0.2) is 42.6 Å². The zero-order chi connectivity index (χ0) is 17.4. The topological polar surface area (TPSA) is 71.5 Å². The molecule has 1 aromatic carbocycles. The third kappa shape index (κ3) is 5.76. The van der Waals surface area contributed by atoms with Crippen molar-refractivity contribution in [1.29, 1.82) is 0 Å². The Labute approximate surface area is 142 Å². The number of para-hydroxylation sites is 1. The van der Waals surface area contributed by atoms with E-state index in [4.69, 9.17) is 4.74 Å². The summed E-state index contributed by atoms with van der Waals surface area (Å²) < 4.78 is 5.34. The molecule has 1 atom stereocenters. The lowest BCUT2D eigenvalue weighted by molar-refractivity contribution is -0.117. The minimum atomic E-state index is -0.706. The van der Waals surface area contributed by atoms with Crippen LogP contribution in [0.4, 0.5) is 0 Å². The van der Waals surface area contributed by atoms with Crippen LogP contribution in [0.1, 0.15) is 19.4 Å². The molecular formula is C19H24N2O3. The van der Waals surface area contributed by atoms with E-state index >= 15 is 0 Å². The molecule has 0 saturated carbocycles. The largest absolute Gasteiger partial charge is 0.389 e. The first-order chi connectivity index (χ1) is 11.6. The summed E-state index contributed by atoms with van der Waals surface area (Å²) in [6.45, 7) is 5.07. The first-order valence-corrected chi connectivity index (χ1v) is 8.11. The van der Waals surface area contributed by atoms with Crippen LogP contribution in [0.3, 0.4) is 0 Å². The fourth-order valence-corrected chi connectivity index (χ4v) is 2.20. The van der Waals surface area contributed by atoms with Gasteiger partial charge in [0.15, 0.2) is 0 Å². The molecular weight excluding hydrogens is 304 g/mol. The van der Waals surface area contributed by atoms with Crippen LogP contribution < -0.4 is 5.32 Å². The van der Waals surface area contributed by atoms with E-state index in [0.717, 1.165) is 16.5 Å². The Kier molecular flexibility index (Phi) is 6.90. The maximum absolute atomic E-state index is 11.9. The summed E-state index contributed by atoms with van der Waals surface area (Å²) in [5, 5.41) is 13.4. The van der Waals surface area contributed by atoms with Gasteiger partial charge in [0.1, 0.15) is 0 Å². The SMILES string of the molecule is CC(C)COCC(O)CNC(=O)/C=C/c1ccnc2ccccc12. The number of aliphatic hydroxyl groups excluding tert-OH is 1. The maximum atomic E-state index is 11.9. The Morgan fingerprint density at radius 1 is 1.29 bits per heavy atom. The summed E-state index contributed by atoms with van der Waals surface area (Å²) >= 11 is 0. The summed E-state index contributed by atoms with van der Waals surface area (Å²) in [5.41, 5.74) is 1.81. The molecule has 1 heterocycles. The van der Waals surface area contributed by atoms with Crippen molar-refractivity contribution in [2.24, 2.45) is 5.92 Å². The van der Waals surface area contributed by atoms with Gasteiger partial charge in [0, 0.05) is 30.8 Å². The monoisotopic (exact) mass is 328 g/mol. The average Bonchev–Trinajstić information content (AvgIpc) is 2.57. The smallest absolute Gasteiger partial charge is 0.244 e. The van der Waals surface area contributed by atoms with E-state index in [-0.39, 0.29) is 19.1 Å². The van der Waals surface area contributed by atoms with Gasteiger partial charge in [0.05, 0.1) is 18.2 Å². The van der Waals surface area contributed by atoms with E-state index in [1.807, 2.05) is 44.2 Å². The first-order valence-electron chi connectivity index (χ1n) is 8.11. The number of ether oxygens (including phenoxy) is 1. The predicted molar refractivity (Wildman–Crippen MR) is 95.5 cm³/mol. The predicted octanol–water partition coefficient (Wildman–Crippen LogP) is 2.40. The van der Waals surface area contributed by atoms with Crippen molar-refractivity contribution in [3.63, 3.8) is 0 Å². The normalized spacial score (nSPS) is 12.8. The summed E-state index contributed by atoms with van der Waals surface area (Å²) in [7, 11) is 0. The lowest BCUT2D eigenvalue weighted by Crippen LogP contribution is -2.33. The van der Waals surface area contributed by atoms with E-state index in [9.17, 15) is 9.90 Å². The van der Waals surface area contributed by atoms with Gasteiger partial charge in [0.25, 0.3) is 0 Å².